The third-order valence-corrected chi connectivity index (χ3v) is 2.79. The van der Waals surface area contributed by atoms with Crippen LogP contribution in [0.1, 0.15) is 16.8 Å². The quantitative estimate of drug-likeness (QED) is 0.725. The van der Waals surface area contributed by atoms with Gasteiger partial charge in [-0.3, -0.25) is 4.79 Å². The Labute approximate surface area is 116 Å². The topological polar surface area (TPSA) is 87.0 Å². The third-order valence-electron chi connectivity index (χ3n) is 2.79. The predicted molar refractivity (Wildman–Crippen MR) is 74.1 cm³/mol. The Balaban J connectivity index is 1.87. The molecule has 0 saturated heterocycles. The molecule has 106 valence electrons. The normalized spacial score (nSPS) is 10.4. The Morgan fingerprint density at radius 3 is 2.85 bits per heavy atom. The second kappa shape index (κ2) is 6.72. The van der Waals surface area contributed by atoms with Gasteiger partial charge in [0, 0.05) is 13.3 Å². The second-order valence-electron chi connectivity index (χ2n) is 4.47. The molecular weight excluding hydrogens is 258 g/mol. The number of carbonyl (C=O) groups excluding carboxylic acids is 1. The standard InChI is InChI=1S/C14H17N3O3/c1-20-9-11-4-2-3-10(5-11)6-13(18)15-7-12-8-16-14(19)17-12/h2-5,8H,6-7,9H2,1H3,(H,15,18)(H2,16,17,19). The van der Waals surface area contributed by atoms with Crippen LogP contribution in [0.5, 0.6) is 0 Å². The number of methoxy groups -OCH3 is 1. The van der Waals surface area contributed by atoms with E-state index >= 15 is 0 Å². The number of carbonyl (C=O) groups is 1. The molecule has 2 rings (SSSR count). The van der Waals surface area contributed by atoms with Gasteiger partial charge >= 0.3 is 5.69 Å². The van der Waals surface area contributed by atoms with E-state index in [1.807, 2.05) is 24.3 Å². The zero-order chi connectivity index (χ0) is 14.4. The van der Waals surface area contributed by atoms with Crippen LogP contribution >= 0.6 is 0 Å². The summed E-state index contributed by atoms with van der Waals surface area (Å²) < 4.78 is 5.06. The smallest absolute Gasteiger partial charge is 0.323 e. The average molecular weight is 275 g/mol. The van der Waals surface area contributed by atoms with Crippen LogP contribution in [0.25, 0.3) is 0 Å². The van der Waals surface area contributed by atoms with Gasteiger partial charge in [-0.25, -0.2) is 4.79 Å². The number of H-pyrrole nitrogens is 2. The number of amides is 1. The number of hydrogen-bond donors (Lipinski definition) is 3. The molecule has 2 aromatic rings. The fraction of sp³-hybridized carbons (Fsp3) is 0.286. The molecule has 0 atom stereocenters. The molecular formula is C14H17N3O3. The van der Waals surface area contributed by atoms with Gasteiger partial charge in [0.05, 0.1) is 25.3 Å². The Hall–Kier alpha value is -2.34. The van der Waals surface area contributed by atoms with Gasteiger partial charge < -0.3 is 20.0 Å². The molecule has 3 N–H and O–H groups in total. The van der Waals surface area contributed by atoms with Gasteiger partial charge in [0.1, 0.15) is 0 Å². The lowest BCUT2D eigenvalue weighted by atomic mass is 10.1. The first-order valence-electron chi connectivity index (χ1n) is 6.27. The molecule has 0 unspecified atom stereocenters. The molecule has 0 aliphatic carbocycles. The van der Waals surface area contributed by atoms with Crippen molar-refractivity contribution in [3.63, 3.8) is 0 Å². The molecule has 0 aliphatic rings. The molecule has 0 bridgehead atoms. The maximum Gasteiger partial charge on any atom is 0.323 e. The third kappa shape index (κ3) is 4.10. The minimum Gasteiger partial charge on any atom is -0.380 e. The largest absolute Gasteiger partial charge is 0.380 e. The highest BCUT2D eigenvalue weighted by atomic mass is 16.5. The number of benzene rings is 1. The Morgan fingerprint density at radius 2 is 2.15 bits per heavy atom. The summed E-state index contributed by atoms with van der Waals surface area (Å²) >= 11 is 0. The molecule has 1 aromatic heterocycles. The van der Waals surface area contributed by atoms with E-state index in [-0.39, 0.29) is 11.6 Å². The first kappa shape index (κ1) is 14.1. The molecule has 1 amide bonds. The SMILES string of the molecule is COCc1cccc(CC(=O)NCc2c[nH]c(=O)[nH]2)c1. The van der Waals surface area contributed by atoms with E-state index < -0.39 is 0 Å². The van der Waals surface area contributed by atoms with Crippen LogP contribution in [0.15, 0.2) is 35.3 Å². The van der Waals surface area contributed by atoms with Crippen molar-refractivity contribution in [3.05, 3.63) is 57.8 Å². The van der Waals surface area contributed by atoms with Gasteiger partial charge in [-0.15, -0.1) is 0 Å². The van der Waals surface area contributed by atoms with Crippen molar-refractivity contribution < 1.29 is 9.53 Å². The molecule has 1 heterocycles. The average Bonchev–Trinajstić information content (AvgIpc) is 2.83. The van der Waals surface area contributed by atoms with Crippen molar-refractivity contribution in [2.45, 2.75) is 19.6 Å². The van der Waals surface area contributed by atoms with E-state index in [0.717, 1.165) is 11.1 Å². The summed E-state index contributed by atoms with van der Waals surface area (Å²) in [6.07, 6.45) is 1.84. The summed E-state index contributed by atoms with van der Waals surface area (Å²) in [4.78, 5) is 27.8. The van der Waals surface area contributed by atoms with Crippen molar-refractivity contribution in [1.29, 1.82) is 0 Å². The molecule has 20 heavy (non-hydrogen) atoms. The Morgan fingerprint density at radius 1 is 1.35 bits per heavy atom. The van der Waals surface area contributed by atoms with E-state index in [9.17, 15) is 9.59 Å². The van der Waals surface area contributed by atoms with E-state index in [0.29, 0.717) is 25.3 Å². The maximum absolute atomic E-state index is 11.8. The lowest BCUT2D eigenvalue weighted by molar-refractivity contribution is -0.120. The number of aromatic nitrogens is 2. The number of ether oxygens (including phenoxy) is 1. The highest BCUT2D eigenvalue weighted by Gasteiger charge is 2.05. The van der Waals surface area contributed by atoms with Crippen LogP contribution in [0, 0.1) is 0 Å². The van der Waals surface area contributed by atoms with E-state index in [2.05, 4.69) is 15.3 Å². The van der Waals surface area contributed by atoms with Crippen LogP contribution in [0.4, 0.5) is 0 Å². The van der Waals surface area contributed by atoms with Crippen molar-refractivity contribution in [2.75, 3.05) is 7.11 Å². The molecule has 0 radical (unpaired) electrons. The van der Waals surface area contributed by atoms with Gasteiger partial charge in [0.15, 0.2) is 0 Å². The monoisotopic (exact) mass is 275 g/mol. The van der Waals surface area contributed by atoms with Crippen LogP contribution < -0.4 is 11.0 Å². The van der Waals surface area contributed by atoms with Crippen LogP contribution in [0.3, 0.4) is 0 Å². The summed E-state index contributed by atoms with van der Waals surface area (Å²) in [5, 5.41) is 2.75. The molecule has 0 saturated carbocycles. The van der Waals surface area contributed by atoms with Crippen LogP contribution in [-0.2, 0) is 29.1 Å². The number of rotatable bonds is 6. The van der Waals surface area contributed by atoms with Gasteiger partial charge in [-0.1, -0.05) is 24.3 Å². The molecule has 6 heteroatoms. The fourth-order valence-corrected chi connectivity index (χ4v) is 1.90. The zero-order valence-electron chi connectivity index (χ0n) is 11.2. The highest BCUT2D eigenvalue weighted by molar-refractivity contribution is 5.78. The maximum atomic E-state index is 11.8. The number of imidazole rings is 1. The van der Waals surface area contributed by atoms with Crippen LogP contribution in [-0.4, -0.2) is 23.0 Å². The van der Waals surface area contributed by atoms with Gasteiger partial charge in [0.25, 0.3) is 0 Å². The summed E-state index contributed by atoms with van der Waals surface area (Å²) in [7, 11) is 1.64. The zero-order valence-corrected chi connectivity index (χ0v) is 11.2. The highest BCUT2D eigenvalue weighted by Crippen LogP contribution is 2.07. The lowest BCUT2D eigenvalue weighted by Crippen LogP contribution is -2.25. The minimum absolute atomic E-state index is 0.0957. The minimum atomic E-state index is -0.276. The van der Waals surface area contributed by atoms with E-state index in [4.69, 9.17) is 4.74 Å². The number of aromatic amines is 2. The van der Waals surface area contributed by atoms with Gasteiger partial charge in [-0.05, 0) is 11.1 Å². The number of nitrogens with one attached hydrogen (secondary N) is 3. The van der Waals surface area contributed by atoms with Crippen molar-refractivity contribution in [2.24, 2.45) is 0 Å². The van der Waals surface area contributed by atoms with E-state index in [1.54, 1.807) is 13.3 Å². The van der Waals surface area contributed by atoms with E-state index in [1.165, 1.54) is 0 Å². The van der Waals surface area contributed by atoms with Crippen LogP contribution in [0.2, 0.25) is 0 Å². The molecule has 0 spiro atoms. The molecule has 1 aromatic carbocycles. The van der Waals surface area contributed by atoms with Gasteiger partial charge in [-0.2, -0.15) is 0 Å². The summed E-state index contributed by atoms with van der Waals surface area (Å²) in [6, 6.07) is 7.70. The lowest BCUT2D eigenvalue weighted by Gasteiger charge is -2.06. The first-order chi connectivity index (χ1) is 9.67. The summed E-state index contributed by atoms with van der Waals surface area (Å²) in [5.41, 5.74) is 2.34. The summed E-state index contributed by atoms with van der Waals surface area (Å²) in [5.74, 6) is -0.0957. The Kier molecular flexibility index (Phi) is 4.73. The predicted octanol–water partition coefficient (Wildman–Crippen LogP) is 0.708. The van der Waals surface area contributed by atoms with Crippen molar-refractivity contribution in [3.8, 4) is 0 Å². The van der Waals surface area contributed by atoms with Crippen molar-refractivity contribution >= 4 is 5.91 Å². The molecule has 6 nitrogen and oxygen atoms in total. The number of hydrogen-bond acceptors (Lipinski definition) is 3. The second-order valence-corrected chi connectivity index (χ2v) is 4.47. The van der Waals surface area contributed by atoms with Gasteiger partial charge in [0.2, 0.25) is 5.91 Å². The fourth-order valence-electron chi connectivity index (χ4n) is 1.90. The first-order valence-corrected chi connectivity index (χ1v) is 6.27. The summed E-state index contributed by atoms with van der Waals surface area (Å²) in [6.45, 7) is 0.829. The Bertz CT molecular complexity index is 630. The van der Waals surface area contributed by atoms with Crippen molar-refractivity contribution in [1.82, 2.24) is 15.3 Å². The molecule has 0 fully saturated rings. The molecule has 0 aliphatic heterocycles.